The summed E-state index contributed by atoms with van der Waals surface area (Å²) < 4.78 is 21.7. The van der Waals surface area contributed by atoms with Gasteiger partial charge < -0.3 is 18.6 Å². The van der Waals surface area contributed by atoms with Crippen molar-refractivity contribution in [3.8, 4) is 28.7 Å². The Morgan fingerprint density at radius 2 is 1.62 bits per heavy atom. The van der Waals surface area contributed by atoms with Crippen LogP contribution in [0.3, 0.4) is 0 Å². The van der Waals surface area contributed by atoms with Crippen LogP contribution >= 0.6 is 11.6 Å². The molecule has 7 heteroatoms. The second-order valence-electron chi connectivity index (χ2n) is 5.23. The number of nitrogens with zero attached hydrogens (tertiary/aromatic N) is 2. The molecule has 3 rings (SSSR count). The van der Waals surface area contributed by atoms with E-state index in [4.69, 9.17) is 30.2 Å². The van der Waals surface area contributed by atoms with Crippen LogP contribution in [0.4, 0.5) is 0 Å². The molecular weight excluding hydrogens is 356 g/mol. The highest BCUT2D eigenvalue weighted by molar-refractivity contribution is 6.50. The summed E-state index contributed by atoms with van der Waals surface area (Å²) in [4.78, 5) is 0. The van der Waals surface area contributed by atoms with E-state index in [1.165, 1.54) is 0 Å². The molecule has 0 N–H and O–H groups in total. The Balaban J connectivity index is 1.96. The van der Waals surface area contributed by atoms with E-state index in [9.17, 15) is 0 Å². The van der Waals surface area contributed by atoms with Gasteiger partial charge in [-0.3, -0.25) is 0 Å². The van der Waals surface area contributed by atoms with E-state index in [1.807, 2.05) is 30.3 Å². The second-order valence-corrected chi connectivity index (χ2v) is 5.64. The highest BCUT2D eigenvalue weighted by Crippen LogP contribution is 2.41. The first kappa shape index (κ1) is 17.8. The minimum atomic E-state index is 0.222. The molecule has 0 bridgehead atoms. The molecular formula is C19H17ClN2O4. The van der Waals surface area contributed by atoms with Crippen molar-refractivity contribution in [1.82, 2.24) is 10.2 Å². The molecule has 0 amide bonds. The van der Waals surface area contributed by atoms with Crippen molar-refractivity contribution in [3.63, 3.8) is 0 Å². The molecule has 3 aromatic rings. The largest absolute Gasteiger partial charge is 0.493 e. The lowest BCUT2D eigenvalue weighted by molar-refractivity contribution is 0.324. The molecule has 0 fully saturated rings. The first-order valence-corrected chi connectivity index (χ1v) is 8.10. The van der Waals surface area contributed by atoms with Crippen LogP contribution in [-0.4, -0.2) is 31.5 Å². The summed E-state index contributed by atoms with van der Waals surface area (Å²) in [7, 11) is 4.62. The Morgan fingerprint density at radius 3 is 2.19 bits per heavy atom. The van der Waals surface area contributed by atoms with Crippen molar-refractivity contribution in [3.05, 3.63) is 53.9 Å². The molecule has 0 atom stereocenters. The highest BCUT2D eigenvalue weighted by Gasteiger charge is 2.18. The van der Waals surface area contributed by atoms with Crippen molar-refractivity contribution < 1.29 is 18.6 Å². The molecule has 1 heterocycles. The van der Waals surface area contributed by atoms with Crippen molar-refractivity contribution in [2.75, 3.05) is 21.3 Å². The minimum Gasteiger partial charge on any atom is -0.493 e. The SMILES string of the molecule is COc1cc(-c2nnc(/C(Cl)=C/c3ccccc3)o2)cc(OC)c1OC. The fourth-order valence-electron chi connectivity index (χ4n) is 2.40. The van der Waals surface area contributed by atoms with Gasteiger partial charge >= 0.3 is 0 Å². The molecule has 0 radical (unpaired) electrons. The molecule has 0 aliphatic rings. The van der Waals surface area contributed by atoms with E-state index in [1.54, 1.807) is 39.5 Å². The summed E-state index contributed by atoms with van der Waals surface area (Å²) >= 11 is 6.30. The molecule has 26 heavy (non-hydrogen) atoms. The topological polar surface area (TPSA) is 66.6 Å². The lowest BCUT2D eigenvalue weighted by Gasteiger charge is -2.12. The van der Waals surface area contributed by atoms with Gasteiger partial charge in [0.25, 0.3) is 5.89 Å². The molecule has 6 nitrogen and oxygen atoms in total. The third-order valence-electron chi connectivity index (χ3n) is 3.63. The van der Waals surface area contributed by atoms with Gasteiger partial charge in [-0.05, 0) is 23.8 Å². The van der Waals surface area contributed by atoms with Crippen molar-refractivity contribution in [2.24, 2.45) is 0 Å². The third-order valence-corrected chi connectivity index (χ3v) is 3.90. The van der Waals surface area contributed by atoms with Crippen molar-refractivity contribution in [1.29, 1.82) is 0 Å². The Morgan fingerprint density at radius 1 is 0.962 bits per heavy atom. The molecule has 2 aromatic carbocycles. The number of aromatic nitrogens is 2. The van der Waals surface area contributed by atoms with Crippen LogP contribution < -0.4 is 14.2 Å². The van der Waals surface area contributed by atoms with E-state index in [0.29, 0.717) is 33.7 Å². The van der Waals surface area contributed by atoms with E-state index in [-0.39, 0.29) is 5.89 Å². The number of ether oxygens (including phenoxy) is 3. The zero-order valence-electron chi connectivity index (χ0n) is 14.5. The summed E-state index contributed by atoms with van der Waals surface area (Å²) in [6, 6.07) is 13.1. The highest BCUT2D eigenvalue weighted by atomic mass is 35.5. The average molecular weight is 373 g/mol. The Hall–Kier alpha value is -2.99. The summed E-state index contributed by atoms with van der Waals surface area (Å²) in [6.07, 6.45) is 1.76. The van der Waals surface area contributed by atoms with Crippen LogP contribution in [0, 0.1) is 0 Å². The Bertz CT molecular complexity index is 897. The molecule has 0 aliphatic carbocycles. The van der Waals surface area contributed by atoms with Crippen LogP contribution in [0.15, 0.2) is 46.9 Å². The van der Waals surface area contributed by atoms with Gasteiger partial charge in [0.2, 0.25) is 11.6 Å². The molecule has 1 aromatic heterocycles. The summed E-state index contributed by atoms with van der Waals surface area (Å²) in [5, 5.41) is 8.42. The van der Waals surface area contributed by atoms with Gasteiger partial charge in [0.1, 0.15) is 5.03 Å². The maximum Gasteiger partial charge on any atom is 0.259 e. The lowest BCUT2D eigenvalue weighted by atomic mass is 10.2. The first-order valence-electron chi connectivity index (χ1n) is 7.72. The number of methoxy groups -OCH3 is 3. The average Bonchev–Trinajstić information content (AvgIpc) is 3.18. The Kier molecular flexibility index (Phi) is 5.43. The zero-order chi connectivity index (χ0) is 18.5. The summed E-state index contributed by atoms with van der Waals surface area (Å²) in [5.74, 6) is 1.98. The number of rotatable bonds is 6. The smallest absolute Gasteiger partial charge is 0.259 e. The van der Waals surface area contributed by atoms with Crippen LogP contribution in [0.2, 0.25) is 0 Å². The summed E-state index contributed by atoms with van der Waals surface area (Å²) in [5.41, 5.74) is 1.56. The maximum absolute atomic E-state index is 6.30. The van der Waals surface area contributed by atoms with E-state index < -0.39 is 0 Å². The van der Waals surface area contributed by atoms with Gasteiger partial charge in [-0.1, -0.05) is 41.9 Å². The predicted molar refractivity (Wildman–Crippen MR) is 99.6 cm³/mol. The van der Waals surface area contributed by atoms with Gasteiger partial charge in [0, 0.05) is 5.56 Å². The second kappa shape index (κ2) is 7.93. The van der Waals surface area contributed by atoms with Crippen LogP contribution in [0.1, 0.15) is 11.5 Å². The minimum absolute atomic E-state index is 0.222. The molecule has 0 saturated carbocycles. The van der Waals surface area contributed by atoms with Gasteiger partial charge in [-0.2, -0.15) is 0 Å². The van der Waals surface area contributed by atoms with Gasteiger partial charge in [0.15, 0.2) is 11.5 Å². The molecule has 0 unspecified atom stereocenters. The lowest BCUT2D eigenvalue weighted by Crippen LogP contribution is -1.95. The zero-order valence-corrected chi connectivity index (χ0v) is 15.3. The van der Waals surface area contributed by atoms with Crippen LogP contribution in [0.5, 0.6) is 17.2 Å². The van der Waals surface area contributed by atoms with Crippen molar-refractivity contribution >= 4 is 22.7 Å². The first-order chi connectivity index (χ1) is 12.7. The molecule has 0 saturated heterocycles. The molecule has 134 valence electrons. The van der Waals surface area contributed by atoms with Gasteiger partial charge in [-0.25, -0.2) is 0 Å². The fraction of sp³-hybridized carbons (Fsp3) is 0.158. The number of benzene rings is 2. The van der Waals surface area contributed by atoms with E-state index >= 15 is 0 Å². The third kappa shape index (κ3) is 3.65. The normalized spacial score (nSPS) is 11.3. The number of hydrogen-bond donors (Lipinski definition) is 0. The van der Waals surface area contributed by atoms with Gasteiger partial charge in [-0.15, -0.1) is 10.2 Å². The Labute approximate surface area is 156 Å². The van der Waals surface area contributed by atoms with Gasteiger partial charge in [0.05, 0.1) is 21.3 Å². The van der Waals surface area contributed by atoms with E-state index in [0.717, 1.165) is 5.56 Å². The standard InChI is InChI=1S/C19H17ClN2O4/c1-23-15-10-13(11-16(24-2)17(15)25-3)18-21-22-19(26-18)14(20)9-12-7-5-4-6-8-12/h4-11H,1-3H3/b14-9-. The fourth-order valence-corrected chi connectivity index (χ4v) is 2.60. The van der Waals surface area contributed by atoms with Crippen LogP contribution in [0.25, 0.3) is 22.6 Å². The molecule has 0 spiro atoms. The molecule has 0 aliphatic heterocycles. The summed E-state index contributed by atoms with van der Waals surface area (Å²) in [6.45, 7) is 0. The maximum atomic E-state index is 6.30. The number of hydrogen-bond acceptors (Lipinski definition) is 6. The quantitative estimate of drug-likeness (QED) is 0.634. The monoisotopic (exact) mass is 372 g/mol. The van der Waals surface area contributed by atoms with E-state index in [2.05, 4.69) is 10.2 Å². The predicted octanol–water partition coefficient (Wildman–Crippen LogP) is 4.50. The van der Waals surface area contributed by atoms with Crippen molar-refractivity contribution in [2.45, 2.75) is 0 Å². The van der Waals surface area contributed by atoms with Crippen LogP contribution in [-0.2, 0) is 0 Å². The number of halogens is 1.